The van der Waals surface area contributed by atoms with Gasteiger partial charge in [-0.25, -0.2) is 8.42 Å². The molecule has 0 saturated heterocycles. The lowest BCUT2D eigenvalue weighted by atomic mass is 10.1. The van der Waals surface area contributed by atoms with Crippen molar-refractivity contribution in [3.63, 3.8) is 0 Å². The van der Waals surface area contributed by atoms with Gasteiger partial charge >= 0.3 is 0 Å². The zero-order chi connectivity index (χ0) is 15.1. The van der Waals surface area contributed by atoms with E-state index in [1.54, 1.807) is 36.4 Å². The first-order valence-electron chi connectivity index (χ1n) is 6.86. The average Bonchev–Trinajstić information content (AvgIpc) is 2.53. The predicted octanol–water partition coefficient (Wildman–Crippen LogP) is 3.36. The van der Waals surface area contributed by atoms with Crippen LogP contribution in [0.5, 0.6) is 0 Å². The van der Waals surface area contributed by atoms with Crippen molar-refractivity contribution in [2.45, 2.75) is 23.8 Å². The minimum absolute atomic E-state index is 0. The Kier molecular flexibility index (Phi) is 7.32. The van der Waals surface area contributed by atoms with Crippen molar-refractivity contribution < 1.29 is 8.42 Å². The molecule has 2 rings (SSSR count). The van der Waals surface area contributed by atoms with E-state index in [0.29, 0.717) is 6.42 Å². The van der Waals surface area contributed by atoms with Crippen molar-refractivity contribution in [3.05, 3.63) is 77.7 Å². The van der Waals surface area contributed by atoms with Crippen molar-refractivity contribution in [1.29, 1.82) is 0 Å². The second-order valence-electron chi connectivity index (χ2n) is 4.87. The Balaban J connectivity index is 0.00000242. The molecule has 5 heteroatoms. The maximum absolute atomic E-state index is 12.1. The summed E-state index contributed by atoms with van der Waals surface area (Å²) in [6, 6.07) is 18.1. The highest BCUT2D eigenvalue weighted by atomic mass is 35.5. The van der Waals surface area contributed by atoms with Gasteiger partial charge in [0.05, 0.1) is 4.90 Å². The summed E-state index contributed by atoms with van der Waals surface area (Å²) < 4.78 is 24.1. The largest absolute Gasteiger partial charge is 0.324 e. The third-order valence-corrected chi connectivity index (χ3v) is 4.63. The Labute approximate surface area is 138 Å². The van der Waals surface area contributed by atoms with E-state index in [0.717, 1.165) is 6.42 Å². The molecule has 0 amide bonds. The van der Waals surface area contributed by atoms with Crippen molar-refractivity contribution >= 4 is 22.2 Å². The zero-order valence-electron chi connectivity index (χ0n) is 12.1. The quantitative estimate of drug-likeness (QED) is 0.879. The fourth-order valence-electron chi connectivity index (χ4n) is 1.97. The van der Waals surface area contributed by atoms with Crippen LogP contribution in [0, 0.1) is 0 Å². The maximum atomic E-state index is 12.1. The van der Waals surface area contributed by atoms with Gasteiger partial charge in [0, 0.05) is 11.4 Å². The van der Waals surface area contributed by atoms with Gasteiger partial charge in [-0.15, -0.1) is 12.4 Å². The van der Waals surface area contributed by atoms with Crippen LogP contribution in [0.4, 0.5) is 0 Å². The molecule has 0 saturated carbocycles. The molecular formula is C17H20ClNO2S. The predicted molar refractivity (Wildman–Crippen MR) is 92.8 cm³/mol. The van der Waals surface area contributed by atoms with Crippen LogP contribution in [-0.4, -0.2) is 14.5 Å². The minimum Gasteiger partial charge on any atom is -0.324 e. The first-order valence-corrected chi connectivity index (χ1v) is 8.40. The SMILES string of the molecule is Cl.N[C@H](C=CS(=O)(=O)c1ccccc1)CCc1ccccc1. The van der Waals surface area contributed by atoms with Crippen LogP contribution in [0.3, 0.4) is 0 Å². The normalized spacial score (nSPS) is 12.8. The lowest BCUT2D eigenvalue weighted by Gasteiger charge is -2.06. The first kappa shape index (κ1) is 18.4. The Bertz CT molecular complexity index is 685. The van der Waals surface area contributed by atoms with Crippen LogP contribution < -0.4 is 5.73 Å². The van der Waals surface area contributed by atoms with E-state index < -0.39 is 9.84 Å². The van der Waals surface area contributed by atoms with Gasteiger partial charge in [0.2, 0.25) is 0 Å². The summed E-state index contributed by atoms with van der Waals surface area (Å²) in [6.07, 6.45) is 3.10. The smallest absolute Gasteiger partial charge is 0.199 e. The highest BCUT2D eigenvalue weighted by Crippen LogP contribution is 2.12. The topological polar surface area (TPSA) is 60.2 Å². The van der Waals surface area contributed by atoms with Crippen LogP contribution in [0.15, 0.2) is 77.0 Å². The Morgan fingerprint density at radius 1 is 0.955 bits per heavy atom. The first-order chi connectivity index (χ1) is 10.1. The fraction of sp³-hybridized carbons (Fsp3) is 0.176. The molecule has 2 aromatic carbocycles. The lowest BCUT2D eigenvalue weighted by molar-refractivity contribution is 0.604. The van der Waals surface area contributed by atoms with Crippen molar-refractivity contribution in [2.75, 3.05) is 0 Å². The number of benzene rings is 2. The van der Waals surface area contributed by atoms with Gasteiger partial charge in [-0.05, 0) is 30.5 Å². The van der Waals surface area contributed by atoms with E-state index in [4.69, 9.17) is 5.73 Å². The van der Waals surface area contributed by atoms with E-state index in [9.17, 15) is 8.42 Å². The number of rotatable bonds is 6. The molecule has 0 aliphatic rings. The summed E-state index contributed by atoms with van der Waals surface area (Å²) in [6.45, 7) is 0. The van der Waals surface area contributed by atoms with E-state index >= 15 is 0 Å². The molecule has 0 spiro atoms. The van der Waals surface area contributed by atoms with E-state index in [1.165, 1.54) is 11.0 Å². The number of hydrogen-bond acceptors (Lipinski definition) is 3. The van der Waals surface area contributed by atoms with Crippen LogP contribution in [0.25, 0.3) is 0 Å². The number of halogens is 1. The van der Waals surface area contributed by atoms with Crippen molar-refractivity contribution in [1.82, 2.24) is 0 Å². The second-order valence-corrected chi connectivity index (χ2v) is 6.71. The minimum atomic E-state index is -3.40. The van der Waals surface area contributed by atoms with Crippen molar-refractivity contribution in [2.24, 2.45) is 5.73 Å². The molecule has 0 fully saturated rings. The van der Waals surface area contributed by atoms with E-state index in [1.807, 2.05) is 30.3 Å². The van der Waals surface area contributed by atoms with Gasteiger partial charge in [0.1, 0.15) is 0 Å². The van der Waals surface area contributed by atoms with Gasteiger partial charge < -0.3 is 5.73 Å². The number of aryl methyl sites for hydroxylation is 1. The molecule has 22 heavy (non-hydrogen) atoms. The average molecular weight is 338 g/mol. The monoisotopic (exact) mass is 337 g/mol. The summed E-state index contributed by atoms with van der Waals surface area (Å²) in [7, 11) is -3.40. The highest BCUT2D eigenvalue weighted by molar-refractivity contribution is 7.94. The van der Waals surface area contributed by atoms with E-state index in [-0.39, 0.29) is 23.3 Å². The molecule has 0 heterocycles. The second kappa shape index (κ2) is 8.73. The number of nitrogens with two attached hydrogens (primary N) is 1. The number of hydrogen-bond donors (Lipinski definition) is 1. The molecule has 0 aliphatic heterocycles. The van der Waals surface area contributed by atoms with Crippen LogP contribution in [0.2, 0.25) is 0 Å². The van der Waals surface area contributed by atoms with Gasteiger partial charge in [0.25, 0.3) is 0 Å². The third kappa shape index (κ3) is 5.64. The van der Waals surface area contributed by atoms with Crippen LogP contribution >= 0.6 is 12.4 Å². The molecule has 0 bridgehead atoms. The Morgan fingerprint density at radius 2 is 1.50 bits per heavy atom. The molecule has 2 aromatic rings. The Morgan fingerprint density at radius 3 is 2.09 bits per heavy atom. The summed E-state index contributed by atoms with van der Waals surface area (Å²) >= 11 is 0. The molecule has 0 radical (unpaired) electrons. The maximum Gasteiger partial charge on any atom is 0.199 e. The summed E-state index contributed by atoms with van der Waals surface area (Å²) in [4.78, 5) is 0.288. The number of sulfone groups is 1. The molecule has 0 unspecified atom stereocenters. The molecule has 3 nitrogen and oxygen atoms in total. The van der Waals surface area contributed by atoms with Gasteiger partial charge in [-0.1, -0.05) is 54.6 Å². The van der Waals surface area contributed by atoms with Crippen LogP contribution in [0.1, 0.15) is 12.0 Å². The molecule has 0 aromatic heterocycles. The molecule has 1 atom stereocenters. The molecule has 2 N–H and O–H groups in total. The van der Waals surface area contributed by atoms with Gasteiger partial charge in [0.15, 0.2) is 9.84 Å². The summed E-state index contributed by atoms with van der Waals surface area (Å²) in [5.74, 6) is 0. The zero-order valence-corrected chi connectivity index (χ0v) is 13.8. The third-order valence-electron chi connectivity index (χ3n) is 3.19. The van der Waals surface area contributed by atoms with E-state index in [2.05, 4.69) is 0 Å². The molecular weight excluding hydrogens is 318 g/mol. The van der Waals surface area contributed by atoms with Gasteiger partial charge in [-0.2, -0.15) is 0 Å². The fourth-order valence-corrected chi connectivity index (χ4v) is 3.07. The highest BCUT2D eigenvalue weighted by Gasteiger charge is 2.09. The summed E-state index contributed by atoms with van der Waals surface area (Å²) in [5, 5.41) is 1.21. The molecule has 0 aliphatic carbocycles. The molecule has 118 valence electrons. The Hall–Kier alpha value is -1.62. The summed E-state index contributed by atoms with van der Waals surface area (Å²) in [5.41, 5.74) is 7.16. The lowest BCUT2D eigenvalue weighted by Crippen LogP contribution is -2.18. The van der Waals surface area contributed by atoms with Gasteiger partial charge in [-0.3, -0.25) is 0 Å². The van der Waals surface area contributed by atoms with Crippen molar-refractivity contribution in [3.8, 4) is 0 Å². The van der Waals surface area contributed by atoms with Crippen LogP contribution in [-0.2, 0) is 16.3 Å². The standard InChI is InChI=1S/C17H19NO2S.ClH/c18-16(12-11-15-7-3-1-4-8-15)13-14-21(19,20)17-9-5-2-6-10-17;/h1-10,13-14,16H,11-12,18H2;1H/t16-;/m0./s1.